The second kappa shape index (κ2) is 6.90. The molecule has 0 saturated heterocycles. The molecule has 0 bridgehead atoms. The first-order valence-corrected chi connectivity index (χ1v) is 9.10. The summed E-state index contributed by atoms with van der Waals surface area (Å²) >= 11 is 0. The van der Waals surface area contributed by atoms with Crippen LogP contribution in [0.4, 0.5) is 4.39 Å². The van der Waals surface area contributed by atoms with Crippen LogP contribution in [0.3, 0.4) is 0 Å². The summed E-state index contributed by atoms with van der Waals surface area (Å²) < 4.78 is 14.0. The monoisotopic (exact) mass is 351 g/mol. The second-order valence-corrected chi connectivity index (χ2v) is 7.16. The lowest BCUT2D eigenvalue weighted by atomic mass is 9.82. The number of halogens is 1. The minimum absolute atomic E-state index is 0.124. The van der Waals surface area contributed by atoms with Gasteiger partial charge in [0.05, 0.1) is 5.52 Å². The zero-order valence-electron chi connectivity index (χ0n) is 14.8. The maximum absolute atomic E-state index is 14.0. The van der Waals surface area contributed by atoms with E-state index >= 15 is 0 Å². The summed E-state index contributed by atoms with van der Waals surface area (Å²) in [6.45, 7) is 1.90. The summed E-state index contributed by atoms with van der Waals surface area (Å²) in [4.78, 5) is 20.0. The Morgan fingerprint density at radius 3 is 2.96 bits per heavy atom. The lowest BCUT2D eigenvalue weighted by Gasteiger charge is -2.29. The van der Waals surface area contributed by atoms with Gasteiger partial charge >= 0.3 is 0 Å². The van der Waals surface area contributed by atoms with Crippen LogP contribution in [0.1, 0.15) is 53.2 Å². The predicted octanol–water partition coefficient (Wildman–Crippen LogP) is 4.47. The van der Waals surface area contributed by atoms with E-state index in [1.54, 1.807) is 18.3 Å². The van der Waals surface area contributed by atoms with Gasteiger partial charge < -0.3 is 10.3 Å². The molecule has 1 fully saturated rings. The minimum atomic E-state index is -0.310. The van der Waals surface area contributed by atoms with E-state index in [1.165, 1.54) is 11.6 Å². The molecule has 2 N–H and O–H groups in total. The number of carbonyl (C=O) groups excluding carboxylic acids is 1. The maximum atomic E-state index is 14.0. The van der Waals surface area contributed by atoms with Crippen LogP contribution in [0.15, 0.2) is 42.7 Å². The third kappa shape index (κ3) is 3.21. The molecule has 2 atom stereocenters. The average Bonchev–Trinajstić information content (AvgIpc) is 3.13. The molecule has 0 aliphatic heterocycles. The van der Waals surface area contributed by atoms with Crippen molar-refractivity contribution in [2.45, 2.75) is 44.6 Å². The molecule has 26 heavy (non-hydrogen) atoms. The highest BCUT2D eigenvalue weighted by Gasteiger charge is 2.25. The van der Waals surface area contributed by atoms with Crippen LogP contribution in [0.25, 0.3) is 10.9 Å². The highest BCUT2D eigenvalue weighted by Crippen LogP contribution is 2.32. The van der Waals surface area contributed by atoms with Gasteiger partial charge in [-0.05, 0) is 61.4 Å². The molecule has 3 aromatic rings. The smallest absolute Gasteiger partial charge is 0.267 e. The minimum Gasteiger partial charge on any atom is -0.350 e. The fourth-order valence-electron chi connectivity index (χ4n) is 3.95. The van der Waals surface area contributed by atoms with Crippen molar-refractivity contribution in [1.82, 2.24) is 15.3 Å². The molecular formula is C21H22FN3O. The van der Waals surface area contributed by atoms with Crippen LogP contribution >= 0.6 is 0 Å². The van der Waals surface area contributed by atoms with Gasteiger partial charge in [-0.3, -0.25) is 9.78 Å². The quantitative estimate of drug-likeness (QED) is 0.732. The molecule has 1 aliphatic carbocycles. The number of carbonyl (C=O) groups is 1. The summed E-state index contributed by atoms with van der Waals surface area (Å²) in [5.41, 5.74) is 3.26. The van der Waals surface area contributed by atoms with Crippen molar-refractivity contribution in [3.8, 4) is 0 Å². The molecule has 1 amide bonds. The number of H-pyrrole nitrogens is 1. The summed E-state index contributed by atoms with van der Waals surface area (Å²) in [5, 5.41) is 3.59. The highest BCUT2D eigenvalue weighted by molar-refractivity contribution is 5.99. The Balaban J connectivity index is 1.49. The van der Waals surface area contributed by atoms with E-state index in [2.05, 4.69) is 21.4 Å². The molecule has 1 unspecified atom stereocenters. The number of aromatic amines is 1. The van der Waals surface area contributed by atoms with E-state index in [9.17, 15) is 9.18 Å². The van der Waals surface area contributed by atoms with Gasteiger partial charge in [0.2, 0.25) is 0 Å². The molecule has 134 valence electrons. The lowest BCUT2D eigenvalue weighted by Crippen LogP contribution is -2.38. The molecule has 0 radical (unpaired) electrons. The fourth-order valence-corrected chi connectivity index (χ4v) is 3.95. The Bertz CT molecular complexity index is 896. The highest BCUT2D eigenvalue weighted by atomic mass is 19.1. The summed E-state index contributed by atoms with van der Waals surface area (Å²) in [6.07, 6.45) is 7.77. The van der Waals surface area contributed by atoms with E-state index in [0.29, 0.717) is 22.5 Å². The molecule has 0 spiro atoms. The van der Waals surface area contributed by atoms with Crippen LogP contribution < -0.4 is 5.32 Å². The van der Waals surface area contributed by atoms with Crippen molar-refractivity contribution in [2.75, 3.05) is 0 Å². The molecule has 4 nitrogen and oxygen atoms in total. The Morgan fingerprint density at radius 1 is 1.31 bits per heavy atom. The SMILES string of the molecule is Cc1ccc(F)c2cc(C(=O)N[C@H]3CCCC(c4cccnc4)C3)[nH]c12. The van der Waals surface area contributed by atoms with Gasteiger partial charge in [-0.1, -0.05) is 18.6 Å². The molecule has 2 aromatic heterocycles. The van der Waals surface area contributed by atoms with Crippen LogP contribution in [0.5, 0.6) is 0 Å². The van der Waals surface area contributed by atoms with Crippen molar-refractivity contribution in [3.05, 3.63) is 65.4 Å². The van der Waals surface area contributed by atoms with Gasteiger partial charge in [0.1, 0.15) is 11.5 Å². The number of benzene rings is 1. The first-order valence-electron chi connectivity index (χ1n) is 9.10. The van der Waals surface area contributed by atoms with Crippen LogP contribution in [-0.4, -0.2) is 21.9 Å². The van der Waals surface area contributed by atoms with Gasteiger partial charge in [0, 0.05) is 23.8 Å². The van der Waals surface area contributed by atoms with Gasteiger partial charge in [0.25, 0.3) is 5.91 Å². The Morgan fingerprint density at radius 2 is 2.19 bits per heavy atom. The topological polar surface area (TPSA) is 57.8 Å². The zero-order chi connectivity index (χ0) is 18.1. The Hall–Kier alpha value is -2.69. The second-order valence-electron chi connectivity index (χ2n) is 7.16. The number of aryl methyl sites for hydroxylation is 1. The number of pyridine rings is 1. The van der Waals surface area contributed by atoms with E-state index in [-0.39, 0.29) is 17.8 Å². The first-order chi connectivity index (χ1) is 12.6. The number of nitrogens with zero attached hydrogens (tertiary/aromatic N) is 1. The fraction of sp³-hybridized carbons (Fsp3) is 0.333. The summed E-state index contributed by atoms with van der Waals surface area (Å²) in [5.74, 6) is -0.0582. The van der Waals surface area contributed by atoms with Crippen molar-refractivity contribution in [1.29, 1.82) is 0 Å². The van der Waals surface area contributed by atoms with Gasteiger partial charge in [-0.15, -0.1) is 0 Å². The molecule has 1 aliphatic rings. The third-order valence-electron chi connectivity index (χ3n) is 5.36. The van der Waals surface area contributed by atoms with Crippen LogP contribution in [0, 0.1) is 12.7 Å². The zero-order valence-corrected chi connectivity index (χ0v) is 14.8. The van der Waals surface area contributed by atoms with Crippen LogP contribution in [-0.2, 0) is 0 Å². The summed E-state index contributed by atoms with van der Waals surface area (Å²) in [6, 6.07) is 8.94. The van der Waals surface area contributed by atoms with E-state index in [0.717, 1.165) is 31.2 Å². The van der Waals surface area contributed by atoms with Crippen molar-refractivity contribution < 1.29 is 9.18 Å². The number of amides is 1. The number of hydrogen-bond acceptors (Lipinski definition) is 2. The third-order valence-corrected chi connectivity index (χ3v) is 5.36. The number of fused-ring (bicyclic) bond motifs is 1. The molecule has 1 saturated carbocycles. The normalized spacial score (nSPS) is 20.2. The molecule has 5 heteroatoms. The molecular weight excluding hydrogens is 329 g/mol. The molecule has 2 heterocycles. The van der Waals surface area contributed by atoms with Gasteiger partial charge in [-0.25, -0.2) is 4.39 Å². The van der Waals surface area contributed by atoms with Crippen molar-refractivity contribution >= 4 is 16.8 Å². The Kier molecular flexibility index (Phi) is 4.45. The van der Waals surface area contributed by atoms with E-state index in [4.69, 9.17) is 0 Å². The van der Waals surface area contributed by atoms with Gasteiger partial charge in [0.15, 0.2) is 0 Å². The number of nitrogens with one attached hydrogen (secondary N) is 2. The van der Waals surface area contributed by atoms with Crippen LogP contribution in [0.2, 0.25) is 0 Å². The molecule has 4 rings (SSSR count). The van der Waals surface area contributed by atoms with Crippen molar-refractivity contribution in [2.24, 2.45) is 0 Å². The predicted molar refractivity (Wildman–Crippen MR) is 99.7 cm³/mol. The summed E-state index contributed by atoms with van der Waals surface area (Å²) in [7, 11) is 0. The van der Waals surface area contributed by atoms with Crippen molar-refractivity contribution in [3.63, 3.8) is 0 Å². The van der Waals surface area contributed by atoms with E-state index in [1.807, 2.05) is 19.2 Å². The number of hydrogen-bond donors (Lipinski definition) is 2. The Labute approximate surface area is 151 Å². The largest absolute Gasteiger partial charge is 0.350 e. The first kappa shape index (κ1) is 16.8. The van der Waals surface area contributed by atoms with Gasteiger partial charge in [-0.2, -0.15) is 0 Å². The standard InChI is InChI=1S/C21H22FN3O/c1-13-7-8-18(22)17-11-19(25-20(13)17)21(26)24-16-6-2-4-14(10-16)15-5-3-9-23-12-15/h3,5,7-9,11-12,14,16,25H,2,4,6,10H2,1H3,(H,24,26)/t14?,16-/m0/s1. The number of rotatable bonds is 3. The van der Waals surface area contributed by atoms with E-state index < -0.39 is 0 Å². The molecule has 1 aromatic carbocycles. The number of aromatic nitrogens is 2. The lowest BCUT2D eigenvalue weighted by molar-refractivity contribution is 0.0921. The average molecular weight is 351 g/mol. The maximum Gasteiger partial charge on any atom is 0.267 e.